The average Bonchev–Trinajstić information content (AvgIpc) is 2.56. The van der Waals surface area contributed by atoms with Crippen LogP contribution in [0.3, 0.4) is 0 Å². The fourth-order valence-electron chi connectivity index (χ4n) is 1.84. The quantitative estimate of drug-likeness (QED) is 0.344. The summed E-state index contributed by atoms with van der Waals surface area (Å²) in [5.74, 6) is -48.0. The van der Waals surface area contributed by atoms with E-state index < -0.39 is 73.0 Å². The summed E-state index contributed by atoms with van der Waals surface area (Å²) in [5, 5.41) is 8.34. The molecule has 0 radical (unpaired) electrons. The van der Waals surface area contributed by atoms with Gasteiger partial charge in [-0.1, -0.05) is 0 Å². The average molecular weight is 528 g/mol. The number of halogens is 19. The maximum Gasteiger partial charge on any atom is 0.425 e. The van der Waals surface area contributed by atoms with E-state index in [0.717, 1.165) is 0 Å². The molecule has 194 valence electrons. The standard InChI is InChI=1S/C12H7F19O/c13-4(8(21,22)23)6(16,17)10(26,27)12(30,31)11(28,29)9(24,25)5(14,15)2-1-3(32)7(18,19)20/h3-4,32H,1-2H2. The molecule has 0 amide bonds. The van der Waals surface area contributed by atoms with Gasteiger partial charge in [0.05, 0.1) is 0 Å². The van der Waals surface area contributed by atoms with E-state index in [1.54, 1.807) is 0 Å². The molecule has 0 heterocycles. The lowest BCUT2D eigenvalue weighted by atomic mass is 9.88. The first-order valence-corrected chi connectivity index (χ1v) is 7.26. The predicted molar refractivity (Wildman–Crippen MR) is 61.9 cm³/mol. The van der Waals surface area contributed by atoms with Crippen LogP contribution in [0.2, 0.25) is 0 Å². The molecule has 0 aromatic heterocycles. The third-order valence-electron chi connectivity index (χ3n) is 3.78. The van der Waals surface area contributed by atoms with E-state index in [-0.39, 0.29) is 0 Å². The van der Waals surface area contributed by atoms with Crippen molar-refractivity contribution in [1.82, 2.24) is 0 Å². The van der Waals surface area contributed by atoms with Crippen molar-refractivity contribution in [1.29, 1.82) is 0 Å². The van der Waals surface area contributed by atoms with Gasteiger partial charge in [0.2, 0.25) is 0 Å². The van der Waals surface area contributed by atoms with E-state index in [2.05, 4.69) is 0 Å². The van der Waals surface area contributed by atoms with Gasteiger partial charge in [0.15, 0.2) is 0 Å². The zero-order valence-electron chi connectivity index (χ0n) is 14.2. The molecule has 32 heavy (non-hydrogen) atoms. The SMILES string of the molecule is OC(CCC(F)(F)C(F)(F)C(F)(F)C(F)(F)C(F)(F)C(F)(F)C(F)C(F)(F)F)C(F)(F)F. The monoisotopic (exact) mass is 528 g/mol. The third-order valence-corrected chi connectivity index (χ3v) is 3.78. The lowest BCUT2D eigenvalue weighted by Crippen LogP contribution is -2.72. The second kappa shape index (κ2) is 8.14. The number of hydrogen-bond donors (Lipinski definition) is 1. The number of aliphatic hydroxyl groups is 1. The van der Waals surface area contributed by atoms with Crippen LogP contribution in [0.5, 0.6) is 0 Å². The van der Waals surface area contributed by atoms with Gasteiger partial charge >= 0.3 is 47.9 Å². The Labute approximate surface area is 163 Å². The summed E-state index contributed by atoms with van der Waals surface area (Å²) in [6, 6.07) is 0. The molecule has 0 aliphatic heterocycles. The van der Waals surface area contributed by atoms with Crippen molar-refractivity contribution in [3.05, 3.63) is 0 Å². The first-order chi connectivity index (χ1) is 13.5. The molecule has 1 N–H and O–H groups in total. The highest BCUT2D eigenvalue weighted by Gasteiger charge is 2.91. The predicted octanol–water partition coefficient (Wildman–Crippen LogP) is 6.40. The van der Waals surface area contributed by atoms with E-state index in [1.807, 2.05) is 0 Å². The first-order valence-electron chi connectivity index (χ1n) is 7.26. The normalized spacial score (nSPS) is 18.0. The molecule has 2 atom stereocenters. The van der Waals surface area contributed by atoms with Gasteiger partial charge in [-0.25, -0.2) is 4.39 Å². The van der Waals surface area contributed by atoms with Gasteiger partial charge < -0.3 is 5.11 Å². The van der Waals surface area contributed by atoms with Crippen LogP contribution in [0.4, 0.5) is 83.4 Å². The van der Waals surface area contributed by atoms with Gasteiger partial charge in [0, 0.05) is 6.42 Å². The summed E-state index contributed by atoms with van der Waals surface area (Å²) in [6.45, 7) is 0. The Morgan fingerprint density at radius 2 is 0.844 bits per heavy atom. The minimum absolute atomic E-state index is 2.62. The Kier molecular flexibility index (Phi) is 7.79. The molecule has 0 fully saturated rings. The molecule has 20 heteroatoms. The molecule has 0 aliphatic rings. The van der Waals surface area contributed by atoms with E-state index >= 15 is 0 Å². The second-order valence-corrected chi connectivity index (χ2v) is 6.13. The smallest absolute Gasteiger partial charge is 0.384 e. The topological polar surface area (TPSA) is 20.2 Å². The summed E-state index contributed by atoms with van der Waals surface area (Å²) < 4.78 is 243. The van der Waals surface area contributed by atoms with Crippen molar-refractivity contribution in [2.75, 3.05) is 0 Å². The third kappa shape index (κ3) is 4.78. The molecule has 2 unspecified atom stereocenters. The number of aliphatic hydroxyl groups excluding tert-OH is 1. The van der Waals surface area contributed by atoms with Gasteiger partial charge in [-0.15, -0.1) is 0 Å². The zero-order valence-corrected chi connectivity index (χ0v) is 14.2. The van der Waals surface area contributed by atoms with Gasteiger partial charge in [-0.3, -0.25) is 0 Å². The molecule has 1 nitrogen and oxygen atoms in total. The van der Waals surface area contributed by atoms with Crippen LogP contribution in [0.1, 0.15) is 12.8 Å². The van der Waals surface area contributed by atoms with Gasteiger partial charge in [-0.2, -0.15) is 79.0 Å². The lowest BCUT2D eigenvalue weighted by Gasteiger charge is -2.42. The summed E-state index contributed by atoms with van der Waals surface area (Å²) in [4.78, 5) is 0. The summed E-state index contributed by atoms with van der Waals surface area (Å²) in [5.41, 5.74) is 0. The lowest BCUT2D eigenvalue weighted by molar-refractivity contribution is -0.436. The van der Waals surface area contributed by atoms with Crippen molar-refractivity contribution in [2.45, 2.75) is 73.0 Å². The maximum atomic E-state index is 13.3. The van der Waals surface area contributed by atoms with Gasteiger partial charge in [0.1, 0.15) is 6.10 Å². The Bertz CT molecular complexity index is 644. The highest BCUT2D eigenvalue weighted by Crippen LogP contribution is 2.62. The fraction of sp³-hybridized carbons (Fsp3) is 1.00. The molecule has 0 aromatic carbocycles. The Hall–Kier alpha value is -1.37. The number of rotatable bonds is 9. The van der Waals surface area contributed by atoms with Crippen molar-refractivity contribution in [3.63, 3.8) is 0 Å². The molecule has 0 rings (SSSR count). The summed E-state index contributed by atoms with van der Waals surface area (Å²) in [6.07, 6.45) is -29.2. The van der Waals surface area contributed by atoms with Crippen molar-refractivity contribution in [3.8, 4) is 0 Å². The molecular weight excluding hydrogens is 521 g/mol. The molecule has 0 aliphatic carbocycles. The summed E-state index contributed by atoms with van der Waals surface area (Å²) >= 11 is 0. The molecule has 0 aromatic rings. The number of hydrogen-bond acceptors (Lipinski definition) is 1. The zero-order chi connectivity index (χ0) is 26.6. The van der Waals surface area contributed by atoms with Crippen molar-refractivity contribution in [2.24, 2.45) is 0 Å². The molecule has 0 saturated carbocycles. The summed E-state index contributed by atoms with van der Waals surface area (Å²) in [7, 11) is 0. The van der Waals surface area contributed by atoms with Crippen LogP contribution in [0, 0.1) is 0 Å². The van der Waals surface area contributed by atoms with E-state index in [0.29, 0.717) is 0 Å². The van der Waals surface area contributed by atoms with E-state index in [4.69, 9.17) is 5.11 Å². The van der Waals surface area contributed by atoms with Crippen LogP contribution >= 0.6 is 0 Å². The highest BCUT2D eigenvalue weighted by molar-refractivity contribution is 5.13. The van der Waals surface area contributed by atoms with E-state index in [1.165, 1.54) is 0 Å². The van der Waals surface area contributed by atoms with Crippen LogP contribution in [0.15, 0.2) is 0 Å². The highest BCUT2D eigenvalue weighted by atomic mass is 19.4. The molecule has 0 saturated heterocycles. The Morgan fingerprint density at radius 3 is 1.16 bits per heavy atom. The molecular formula is C12H7F19O. The second-order valence-electron chi connectivity index (χ2n) is 6.13. The number of alkyl halides is 19. The van der Waals surface area contributed by atoms with Crippen LogP contribution < -0.4 is 0 Å². The van der Waals surface area contributed by atoms with E-state index in [9.17, 15) is 83.4 Å². The van der Waals surface area contributed by atoms with Crippen LogP contribution in [-0.2, 0) is 0 Å². The Morgan fingerprint density at radius 1 is 0.500 bits per heavy atom. The fourth-order valence-corrected chi connectivity index (χ4v) is 1.84. The minimum Gasteiger partial charge on any atom is -0.384 e. The van der Waals surface area contributed by atoms with Gasteiger partial charge in [0.25, 0.3) is 6.17 Å². The molecule has 0 spiro atoms. The first kappa shape index (κ1) is 30.6. The largest absolute Gasteiger partial charge is 0.425 e. The van der Waals surface area contributed by atoms with Gasteiger partial charge in [-0.05, 0) is 6.42 Å². The molecule has 0 bridgehead atoms. The van der Waals surface area contributed by atoms with Crippen molar-refractivity contribution < 1.29 is 88.5 Å². The van der Waals surface area contributed by atoms with Crippen LogP contribution in [0.25, 0.3) is 0 Å². The maximum absolute atomic E-state index is 13.3. The Balaban J connectivity index is 6.32. The minimum atomic E-state index is -8.53. The van der Waals surface area contributed by atoms with Crippen LogP contribution in [-0.4, -0.2) is 65.3 Å². The van der Waals surface area contributed by atoms with Crippen molar-refractivity contribution >= 4 is 0 Å².